The van der Waals surface area contributed by atoms with E-state index >= 15 is 0 Å². The van der Waals surface area contributed by atoms with Gasteiger partial charge in [-0.25, -0.2) is 0 Å². The molecule has 5 nitrogen and oxygen atoms in total. The highest BCUT2D eigenvalue weighted by atomic mass is 16.5. The summed E-state index contributed by atoms with van der Waals surface area (Å²) in [6.07, 6.45) is 5.79. The standard InChI is InChI=1S/C15H23NO4/c17-14(18)9-10-7-12-1-2-13(8-10)16(12)15(19)11-3-5-20-6-4-11/h10-13H,1-9H2,(H,17,18). The highest BCUT2D eigenvalue weighted by Crippen LogP contribution is 2.41. The van der Waals surface area contributed by atoms with E-state index in [4.69, 9.17) is 9.84 Å². The molecule has 1 amide bonds. The number of carbonyl (C=O) groups is 2. The second kappa shape index (κ2) is 5.72. The number of carbonyl (C=O) groups excluding carboxylic acids is 1. The lowest BCUT2D eigenvalue weighted by molar-refractivity contribution is -0.144. The molecule has 0 aromatic rings. The van der Waals surface area contributed by atoms with Crippen molar-refractivity contribution in [2.75, 3.05) is 13.2 Å². The summed E-state index contributed by atoms with van der Waals surface area (Å²) >= 11 is 0. The van der Waals surface area contributed by atoms with Crippen LogP contribution >= 0.6 is 0 Å². The molecule has 3 saturated heterocycles. The Morgan fingerprint density at radius 3 is 2.20 bits per heavy atom. The van der Waals surface area contributed by atoms with Gasteiger partial charge in [-0.15, -0.1) is 0 Å². The van der Waals surface area contributed by atoms with Gasteiger partial charge < -0.3 is 14.7 Å². The molecule has 3 rings (SSSR count). The third kappa shape index (κ3) is 2.68. The second-order valence-corrected chi connectivity index (χ2v) is 6.45. The Labute approximate surface area is 119 Å². The van der Waals surface area contributed by atoms with Gasteiger partial charge in [0.25, 0.3) is 0 Å². The SMILES string of the molecule is O=C(O)CC1CC2CCC(C1)N2C(=O)C1CCOCC1. The summed E-state index contributed by atoms with van der Waals surface area (Å²) in [6, 6.07) is 0.571. The van der Waals surface area contributed by atoms with E-state index in [0.29, 0.717) is 19.1 Å². The molecular weight excluding hydrogens is 258 g/mol. The summed E-state index contributed by atoms with van der Waals surface area (Å²) in [5.74, 6) is -0.0280. The zero-order valence-electron chi connectivity index (χ0n) is 11.8. The van der Waals surface area contributed by atoms with Gasteiger partial charge in [0.1, 0.15) is 0 Å². The fourth-order valence-electron chi connectivity index (χ4n) is 4.22. The summed E-state index contributed by atoms with van der Waals surface area (Å²) < 4.78 is 5.33. The van der Waals surface area contributed by atoms with Crippen molar-refractivity contribution in [1.82, 2.24) is 4.90 Å². The average Bonchev–Trinajstić information content (AvgIpc) is 2.70. The number of piperidine rings is 1. The monoisotopic (exact) mass is 281 g/mol. The van der Waals surface area contributed by atoms with Gasteiger partial charge in [0, 0.05) is 37.6 Å². The van der Waals surface area contributed by atoms with Crippen LogP contribution in [0.3, 0.4) is 0 Å². The quantitative estimate of drug-likeness (QED) is 0.854. The largest absolute Gasteiger partial charge is 0.481 e. The number of aliphatic carboxylic acids is 1. The van der Waals surface area contributed by atoms with Crippen molar-refractivity contribution in [3.63, 3.8) is 0 Å². The molecule has 0 aliphatic carbocycles. The van der Waals surface area contributed by atoms with Crippen LogP contribution in [0, 0.1) is 11.8 Å². The van der Waals surface area contributed by atoms with Crippen molar-refractivity contribution in [1.29, 1.82) is 0 Å². The molecule has 0 aromatic carbocycles. The van der Waals surface area contributed by atoms with Crippen LogP contribution in [-0.4, -0.2) is 47.2 Å². The Balaban J connectivity index is 1.64. The lowest BCUT2D eigenvalue weighted by Gasteiger charge is -2.41. The summed E-state index contributed by atoms with van der Waals surface area (Å²) in [4.78, 5) is 25.7. The zero-order chi connectivity index (χ0) is 14.1. The molecule has 20 heavy (non-hydrogen) atoms. The van der Waals surface area contributed by atoms with Crippen LogP contribution in [0.5, 0.6) is 0 Å². The van der Waals surface area contributed by atoms with Crippen molar-refractivity contribution >= 4 is 11.9 Å². The minimum absolute atomic E-state index is 0.128. The Bertz CT molecular complexity index is 377. The van der Waals surface area contributed by atoms with Gasteiger partial charge in [-0.3, -0.25) is 9.59 Å². The summed E-state index contributed by atoms with van der Waals surface area (Å²) in [5, 5.41) is 8.94. The topological polar surface area (TPSA) is 66.8 Å². The molecule has 1 N–H and O–H groups in total. The number of amides is 1. The van der Waals surface area contributed by atoms with Crippen LogP contribution in [0.4, 0.5) is 0 Å². The van der Waals surface area contributed by atoms with Gasteiger partial charge in [-0.1, -0.05) is 0 Å². The number of rotatable bonds is 3. The highest BCUT2D eigenvalue weighted by molar-refractivity contribution is 5.80. The van der Waals surface area contributed by atoms with Gasteiger partial charge in [-0.05, 0) is 44.4 Å². The number of carboxylic acids is 1. The molecule has 0 saturated carbocycles. The molecule has 2 bridgehead atoms. The van der Waals surface area contributed by atoms with Gasteiger partial charge in [-0.2, -0.15) is 0 Å². The van der Waals surface area contributed by atoms with Crippen molar-refractivity contribution in [2.24, 2.45) is 11.8 Å². The maximum atomic E-state index is 12.7. The Morgan fingerprint density at radius 2 is 1.65 bits per heavy atom. The number of hydrogen-bond acceptors (Lipinski definition) is 3. The third-order valence-corrected chi connectivity index (χ3v) is 5.12. The molecule has 3 aliphatic heterocycles. The number of nitrogens with zero attached hydrogens (tertiary/aromatic N) is 1. The molecule has 5 heteroatoms. The number of carboxylic acid groups (broad SMARTS) is 1. The normalized spacial score (nSPS) is 34.2. The number of fused-ring (bicyclic) bond motifs is 2. The second-order valence-electron chi connectivity index (χ2n) is 6.45. The Morgan fingerprint density at radius 1 is 1.05 bits per heavy atom. The molecular formula is C15H23NO4. The van der Waals surface area contributed by atoms with E-state index in [9.17, 15) is 9.59 Å². The predicted octanol–water partition coefficient (Wildman–Crippen LogP) is 1.66. The Kier molecular flexibility index (Phi) is 3.96. The number of ether oxygens (including phenoxy) is 1. The minimum atomic E-state index is -0.710. The zero-order valence-corrected chi connectivity index (χ0v) is 11.8. The van der Waals surface area contributed by atoms with E-state index in [2.05, 4.69) is 4.90 Å². The van der Waals surface area contributed by atoms with Crippen molar-refractivity contribution in [3.8, 4) is 0 Å². The third-order valence-electron chi connectivity index (χ3n) is 5.12. The van der Waals surface area contributed by atoms with Gasteiger partial charge in [0.05, 0.1) is 0 Å². The van der Waals surface area contributed by atoms with Crippen molar-refractivity contribution in [2.45, 2.75) is 57.0 Å². The molecule has 2 unspecified atom stereocenters. The van der Waals surface area contributed by atoms with Gasteiger partial charge in [0.15, 0.2) is 0 Å². The Hall–Kier alpha value is -1.10. The first-order chi connectivity index (χ1) is 9.65. The molecule has 3 heterocycles. The first kappa shape index (κ1) is 13.9. The molecule has 0 spiro atoms. The van der Waals surface area contributed by atoms with Crippen LogP contribution in [0.25, 0.3) is 0 Å². The summed E-state index contributed by atoms with van der Waals surface area (Å²) in [7, 11) is 0. The van der Waals surface area contributed by atoms with Crippen molar-refractivity contribution in [3.05, 3.63) is 0 Å². The number of hydrogen-bond donors (Lipinski definition) is 1. The molecule has 0 radical (unpaired) electrons. The van der Waals surface area contributed by atoms with E-state index in [1.165, 1.54) is 0 Å². The van der Waals surface area contributed by atoms with E-state index in [0.717, 1.165) is 38.5 Å². The fourth-order valence-corrected chi connectivity index (χ4v) is 4.22. The molecule has 2 atom stereocenters. The maximum absolute atomic E-state index is 12.7. The highest BCUT2D eigenvalue weighted by Gasteiger charge is 2.45. The first-order valence-corrected chi connectivity index (χ1v) is 7.77. The predicted molar refractivity (Wildman–Crippen MR) is 72.2 cm³/mol. The van der Waals surface area contributed by atoms with Crippen LogP contribution in [-0.2, 0) is 14.3 Å². The van der Waals surface area contributed by atoms with Gasteiger partial charge >= 0.3 is 5.97 Å². The van der Waals surface area contributed by atoms with Crippen LogP contribution < -0.4 is 0 Å². The molecule has 3 fully saturated rings. The smallest absolute Gasteiger partial charge is 0.303 e. The van der Waals surface area contributed by atoms with E-state index in [-0.39, 0.29) is 30.3 Å². The van der Waals surface area contributed by atoms with E-state index in [1.807, 2.05) is 0 Å². The summed E-state index contributed by atoms with van der Waals surface area (Å²) in [5.41, 5.74) is 0. The van der Waals surface area contributed by atoms with Crippen LogP contribution in [0.2, 0.25) is 0 Å². The minimum Gasteiger partial charge on any atom is -0.481 e. The first-order valence-electron chi connectivity index (χ1n) is 7.77. The lowest BCUT2D eigenvalue weighted by Crippen LogP contribution is -2.49. The fraction of sp³-hybridized carbons (Fsp3) is 0.867. The molecule has 0 aromatic heterocycles. The van der Waals surface area contributed by atoms with E-state index < -0.39 is 5.97 Å². The molecule has 3 aliphatic rings. The van der Waals surface area contributed by atoms with Crippen LogP contribution in [0.15, 0.2) is 0 Å². The van der Waals surface area contributed by atoms with Crippen molar-refractivity contribution < 1.29 is 19.4 Å². The lowest BCUT2D eigenvalue weighted by atomic mass is 9.86. The van der Waals surface area contributed by atoms with Crippen LogP contribution in [0.1, 0.15) is 44.9 Å². The molecule has 112 valence electrons. The summed E-state index contributed by atoms with van der Waals surface area (Å²) in [6.45, 7) is 1.39. The van der Waals surface area contributed by atoms with Gasteiger partial charge in [0.2, 0.25) is 5.91 Å². The van der Waals surface area contributed by atoms with E-state index in [1.54, 1.807) is 0 Å². The average molecular weight is 281 g/mol. The maximum Gasteiger partial charge on any atom is 0.303 e.